The largest absolute Gasteiger partial charge is 0.490 e. The van der Waals surface area contributed by atoms with Crippen LogP contribution in [0, 0.1) is 6.92 Å². The SMILES string of the molecule is Cc1ccc(CNS(=O)(=O)c2cccc(OC3CCCC3)c2)cc1. The highest BCUT2D eigenvalue weighted by Gasteiger charge is 2.18. The molecule has 0 spiro atoms. The monoisotopic (exact) mass is 345 g/mol. The van der Waals surface area contributed by atoms with Gasteiger partial charge in [0.15, 0.2) is 0 Å². The van der Waals surface area contributed by atoms with E-state index >= 15 is 0 Å². The third-order valence-corrected chi connectivity index (χ3v) is 5.71. The first-order valence-electron chi connectivity index (χ1n) is 8.35. The molecule has 1 aliphatic rings. The molecule has 1 aliphatic carbocycles. The molecule has 1 saturated carbocycles. The van der Waals surface area contributed by atoms with Crippen molar-refractivity contribution < 1.29 is 13.2 Å². The molecule has 0 unspecified atom stereocenters. The van der Waals surface area contributed by atoms with Crippen LogP contribution in [-0.2, 0) is 16.6 Å². The summed E-state index contributed by atoms with van der Waals surface area (Å²) < 4.78 is 33.5. The summed E-state index contributed by atoms with van der Waals surface area (Å²) in [6.07, 6.45) is 4.66. The molecule has 2 aromatic carbocycles. The fourth-order valence-electron chi connectivity index (χ4n) is 2.88. The summed E-state index contributed by atoms with van der Waals surface area (Å²) >= 11 is 0. The van der Waals surface area contributed by atoms with E-state index in [1.54, 1.807) is 18.2 Å². The van der Waals surface area contributed by atoms with Gasteiger partial charge in [-0.25, -0.2) is 13.1 Å². The molecule has 4 nitrogen and oxygen atoms in total. The molecular weight excluding hydrogens is 322 g/mol. The lowest BCUT2D eigenvalue weighted by atomic mass is 10.2. The second-order valence-corrected chi connectivity index (χ2v) is 8.08. The zero-order valence-electron chi connectivity index (χ0n) is 13.9. The van der Waals surface area contributed by atoms with Crippen LogP contribution >= 0.6 is 0 Å². The maximum Gasteiger partial charge on any atom is 0.241 e. The molecule has 0 aromatic heterocycles. The molecule has 0 bridgehead atoms. The molecule has 24 heavy (non-hydrogen) atoms. The summed E-state index contributed by atoms with van der Waals surface area (Å²) in [6, 6.07) is 14.5. The van der Waals surface area contributed by atoms with Gasteiger partial charge in [0.05, 0.1) is 11.0 Å². The van der Waals surface area contributed by atoms with E-state index in [1.807, 2.05) is 37.3 Å². The third kappa shape index (κ3) is 4.36. The van der Waals surface area contributed by atoms with Crippen LogP contribution in [0.1, 0.15) is 36.8 Å². The van der Waals surface area contributed by atoms with E-state index in [4.69, 9.17) is 4.74 Å². The highest BCUT2D eigenvalue weighted by atomic mass is 32.2. The highest BCUT2D eigenvalue weighted by molar-refractivity contribution is 7.89. The molecule has 0 radical (unpaired) electrons. The Morgan fingerprint density at radius 3 is 2.50 bits per heavy atom. The molecule has 0 atom stereocenters. The maximum atomic E-state index is 12.5. The molecule has 2 aromatic rings. The van der Waals surface area contributed by atoms with E-state index in [0.29, 0.717) is 5.75 Å². The van der Waals surface area contributed by atoms with Gasteiger partial charge in [-0.15, -0.1) is 0 Å². The Morgan fingerprint density at radius 2 is 1.79 bits per heavy atom. The van der Waals surface area contributed by atoms with Crippen molar-refractivity contribution in [3.63, 3.8) is 0 Å². The van der Waals surface area contributed by atoms with Gasteiger partial charge in [0.25, 0.3) is 0 Å². The highest BCUT2D eigenvalue weighted by Crippen LogP contribution is 2.25. The van der Waals surface area contributed by atoms with Crippen LogP contribution in [0.5, 0.6) is 5.75 Å². The molecule has 0 saturated heterocycles. The average Bonchev–Trinajstić information content (AvgIpc) is 3.08. The first-order chi connectivity index (χ1) is 11.5. The molecular formula is C19H23NO3S. The van der Waals surface area contributed by atoms with Crippen molar-refractivity contribution in [1.82, 2.24) is 4.72 Å². The van der Waals surface area contributed by atoms with E-state index < -0.39 is 10.0 Å². The lowest BCUT2D eigenvalue weighted by Gasteiger charge is -2.14. The van der Waals surface area contributed by atoms with Crippen molar-refractivity contribution in [3.05, 3.63) is 59.7 Å². The van der Waals surface area contributed by atoms with E-state index in [0.717, 1.165) is 24.0 Å². The Bertz CT molecular complexity index is 779. The first-order valence-corrected chi connectivity index (χ1v) is 9.83. The molecule has 0 aliphatic heterocycles. The Hall–Kier alpha value is -1.85. The molecule has 128 valence electrons. The topological polar surface area (TPSA) is 55.4 Å². The van der Waals surface area contributed by atoms with Gasteiger partial charge < -0.3 is 4.74 Å². The predicted octanol–water partition coefficient (Wildman–Crippen LogP) is 3.79. The van der Waals surface area contributed by atoms with E-state index in [9.17, 15) is 8.42 Å². The third-order valence-electron chi connectivity index (χ3n) is 4.31. The van der Waals surface area contributed by atoms with Crippen LogP contribution in [-0.4, -0.2) is 14.5 Å². The number of hydrogen-bond donors (Lipinski definition) is 1. The Labute approximate surface area is 143 Å². The van der Waals surface area contributed by atoms with Crippen LogP contribution in [0.2, 0.25) is 0 Å². The van der Waals surface area contributed by atoms with Crippen molar-refractivity contribution in [1.29, 1.82) is 0 Å². The van der Waals surface area contributed by atoms with Crippen LogP contribution < -0.4 is 9.46 Å². The van der Waals surface area contributed by atoms with Gasteiger partial charge in [-0.3, -0.25) is 0 Å². The lowest BCUT2D eigenvalue weighted by molar-refractivity contribution is 0.209. The number of nitrogens with one attached hydrogen (secondary N) is 1. The first kappa shape index (κ1) is 17.0. The minimum Gasteiger partial charge on any atom is -0.490 e. The van der Waals surface area contributed by atoms with Crippen molar-refractivity contribution in [2.75, 3.05) is 0 Å². The summed E-state index contributed by atoms with van der Waals surface area (Å²) in [7, 11) is -3.55. The lowest BCUT2D eigenvalue weighted by Crippen LogP contribution is -2.23. The molecule has 1 fully saturated rings. The number of sulfonamides is 1. The quantitative estimate of drug-likeness (QED) is 0.866. The van der Waals surface area contributed by atoms with E-state index in [2.05, 4.69) is 4.72 Å². The standard InChI is InChI=1S/C19H23NO3S/c1-15-9-11-16(12-10-15)14-20-24(21,22)19-8-4-7-18(13-19)23-17-5-2-3-6-17/h4,7-13,17,20H,2-3,5-6,14H2,1H3. The molecule has 5 heteroatoms. The Kier molecular flexibility index (Phi) is 5.21. The molecule has 1 N–H and O–H groups in total. The van der Waals surface area contributed by atoms with E-state index in [-0.39, 0.29) is 17.5 Å². The number of rotatable bonds is 6. The maximum absolute atomic E-state index is 12.5. The summed E-state index contributed by atoms with van der Waals surface area (Å²) in [6.45, 7) is 2.28. The van der Waals surface area contributed by atoms with E-state index in [1.165, 1.54) is 12.8 Å². The molecule has 0 heterocycles. The molecule has 0 amide bonds. The van der Waals surface area contributed by atoms with Crippen LogP contribution in [0.4, 0.5) is 0 Å². The van der Waals surface area contributed by atoms with Gasteiger partial charge in [-0.1, -0.05) is 35.9 Å². The zero-order chi connectivity index (χ0) is 17.0. The van der Waals surface area contributed by atoms with Gasteiger partial charge in [-0.2, -0.15) is 0 Å². The van der Waals surface area contributed by atoms with Gasteiger partial charge in [-0.05, 0) is 50.3 Å². The normalized spacial score (nSPS) is 15.5. The van der Waals surface area contributed by atoms with Gasteiger partial charge in [0.2, 0.25) is 10.0 Å². The summed E-state index contributed by atoms with van der Waals surface area (Å²) in [5.41, 5.74) is 2.08. The minimum absolute atomic E-state index is 0.212. The Morgan fingerprint density at radius 1 is 1.08 bits per heavy atom. The second-order valence-electron chi connectivity index (χ2n) is 6.31. The van der Waals surface area contributed by atoms with Crippen molar-refractivity contribution >= 4 is 10.0 Å². The zero-order valence-corrected chi connectivity index (χ0v) is 14.7. The van der Waals surface area contributed by atoms with Crippen LogP contribution in [0.15, 0.2) is 53.4 Å². The van der Waals surface area contributed by atoms with Gasteiger partial charge in [0, 0.05) is 12.6 Å². The van der Waals surface area contributed by atoms with Crippen molar-refractivity contribution in [2.24, 2.45) is 0 Å². The fraction of sp³-hybridized carbons (Fsp3) is 0.368. The number of aryl methyl sites for hydroxylation is 1. The van der Waals surface area contributed by atoms with Crippen LogP contribution in [0.3, 0.4) is 0 Å². The summed E-state index contributed by atoms with van der Waals surface area (Å²) in [4.78, 5) is 0.241. The number of hydrogen-bond acceptors (Lipinski definition) is 3. The van der Waals surface area contributed by atoms with Crippen LogP contribution in [0.25, 0.3) is 0 Å². The molecule has 3 rings (SSSR count). The van der Waals surface area contributed by atoms with Crippen molar-refractivity contribution in [2.45, 2.75) is 50.2 Å². The number of ether oxygens (including phenoxy) is 1. The van der Waals surface area contributed by atoms with Gasteiger partial charge in [0.1, 0.15) is 5.75 Å². The smallest absolute Gasteiger partial charge is 0.241 e. The second kappa shape index (κ2) is 7.36. The predicted molar refractivity (Wildman–Crippen MR) is 94.5 cm³/mol. The van der Waals surface area contributed by atoms with Gasteiger partial charge >= 0.3 is 0 Å². The summed E-state index contributed by atoms with van der Waals surface area (Å²) in [5, 5.41) is 0. The Balaban J connectivity index is 1.68. The fourth-order valence-corrected chi connectivity index (χ4v) is 3.93. The summed E-state index contributed by atoms with van der Waals surface area (Å²) in [5.74, 6) is 0.625. The average molecular weight is 345 g/mol. The number of benzene rings is 2. The van der Waals surface area contributed by atoms with Crippen molar-refractivity contribution in [3.8, 4) is 5.75 Å². The minimum atomic E-state index is -3.55.